The van der Waals surface area contributed by atoms with Gasteiger partial charge in [0.1, 0.15) is 6.04 Å². The van der Waals surface area contributed by atoms with Gasteiger partial charge in [0.2, 0.25) is 0 Å². The molecule has 0 saturated carbocycles. The quantitative estimate of drug-likeness (QED) is 0.531. The molecule has 0 spiro atoms. The van der Waals surface area contributed by atoms with Crippen molar-refractivity contribution in [3.8, 4) is 0 Å². The summed E-state index contributed by atoms with van der Waals surface area (Å²) in [4.78, 5) is 4.99. The molecule has 1 N–H and O–H groups in total. The number of aliphatic imine (C=N–C) groups is 1. The van der Waals surface area contributed by atoms with E-state index in [1.807, 2.05) is 24.3 Å². The number of hydrogen-bond donors (Lipinski definition) is 1. The fraction of sp³-hybridized carbons (Fsp3) is 0.136. The van der Waals surface area contributed by atoms with E-state index in [0.717, 1.165) is 15.9 Å². The van der Waals surface area contributed by atoms with Crippen molar-refractivity contribution in [3.63, 3.8) is 0 Å². The molecule has 0 bridgehead atoms. The molecule has 138 valence electrons. The maximum atomic E-state index is 5.97. The van der Waals surface area contributed by atoms with Gasteiger partial charge in [0.15, 0.2) is 5.17 Å². The Balaban J connectivity index is 0.00000210. The number of amidine groups is 1. The summed E-state index contributed by atoms with van der Waals surface area (Å²) in [7, 11) is 0. The second kappa shape index (κ2) is 9.32. The molecule has 3 aromatic carbocycles. The summed E-state index contributed by atoms with van der Waals surface area (Å²) >= 11 is 7.71. The topological polar surface area (TPSA) is 24.4 Å². The van der Waals surface area contributed by atoms with E-state index in [9.17, 15) is 0 Å². The first-order valence-corrected chi connectivity index (χ1v) is 9.97. The van der Waals surface area contributed by atoms with Crippen molar-refractivity contribution in [3.05, 3.63) is 107 Å². The first kappa shape index (κ1) is 19.8. The van der Waals surface area contributed by atoms with Crippen LogP contribution in [0.15, 0.2) is 89.9 Å². The SMILES string of the molecule is Cl.Clc1ccc(CSC2=N[C@H](c3ccccc3)[C@H](c3ccccc3)N2)cc1. The molecule has 2 nitrogen and oxygen atoms in total. The third-order valence-electron chi connectivity index (χ3n) is 4.44. The van der Waals surface area contributed by atoms with Gasteiger partial charge < -0.3 is 5.32 Å². The van der Waals surface area contributed by atoms with Gasteiger partial charge in [-0.1, -0.05) is 96.2 Å². The van der Waals surface area contributed by atoms with Gasteiger partial charge in [0.25, 0.3) is 0 Å². The van der Waals surface area contributed by atoms with Gasteiger partial charge in [-0.25, -0.2) is 0 Å². The Kier molecular flexibility index (Phi) is 6.84. The van der Waals surface area contributed by atoms with E-state index in [2.05, 4.69) is 66.0 Å². The molecule has 0 unspecified atom stereocenters. The highest BCUT2D eigenvalue weighted by Crippen LogP contribution is 2.38. The van der Waals surface area contributed by atoms with Crippen LogP contribution < -0.4 is 5.32 Å². The normalized spacial score (nSPS) is 18.3. The number of hydrogen-bond acceptors (Lipinski definition) is 3. The standard InChI is InChI=1S/C22H19ClN2S.ClH/c23-19-13-11-16(12-14-19)15-26-22-24-20(17-7-3-1-4-8-17)21(25-22)18-9-5-2-6-10-18;/h1-14,20-21H,15H2,(H,24,25);1H/t20-,21+;. The Morgan fingerprint density at radius 3 is 2.04 bits per heavy atom. The summed E-state index contributed by atoms with van der Waals surface area (Å²) < 4.78 is 0. The predicted octanol–water partition coefficient (Wildman–Crippen LogP) is 6.44. The average Bonchev–Trinajstić information content (AvgIpc) is 3.13. The molecule has 5 heteroatoms. The summed E-state index contributed by atoms with van der Waals surface area (Å²) in [6.45, 7) is 0. The Morgan fingerprint density at radius 2 is 1.41 bits per heavy atom. The van der Waals surface area contributed by atoms with E-state index >= 15 is 0 Å². The zero-order valence-corrected chi connectivity index (χ0v) is 17.0. The van der Waals surface area contributed by atoms with Gasteiger partial charge in [-0.05, 0) is 28.8 Å². The molecule has 1 heterocycles. The lowest BCUT2D eigenvalue weighted by Crippen LogP contribution is -2.22. The summed E-state index contributed by atoms with van der Waals surface area (Å²) in [5.74, 6) is 0.867. The van der Waals surface area contributed by atoms with Gasteiger partial charge in [0, 0.05) is 10.8 Å². The van der Waals surface area contributed by atoms with Crippen molar-refractivity contribution >= 4 is 40.9 Å². The third kappa shape index (κ3) is 4.86. The number of halogens is 2. The third-order valence-corrected chi connectivity index (χ3v) is 5.67. The predicted molar refractivity (Wildman–Crippen MR) is 119 cm³/mol. The zero-order valence-electron chi connectivity index (χ0n) is 14.6. The van der Waals surface area contributed by atoms with Gasteiger partial charge in [-0.2, -0.15) is 0 Å². The number of thioether (sulfide) groups is 1. The molecular weight excluding hydrogens is 395 g/mol. The van der Waals surface area contributed by atoms with E-state index in [0.29, 0.717) is 0 Å². The van der Waals surface area contributed by atoms with E-state index in [1.54, 1.807) is 11.8 Å². The van der Waals surface area contributed by atoms with Gasteiger partial charge >= 0.3 is 0 Å². The summed E-state index contributed by atoms with van der Waals surface area (Å²) in [5.41, 5.74) is 3.73. The molecular formula is C22H20Cl2N2S. The van der Waals surface area contributed by atoms with Crippen LogP contribution in [0.3, 0.4) is 0 Å². The van der Waals surface area contributed by atoms with E-state index in [4.69, 9.17) is 16.6 Å². The van der Waals surface area contributed by atoms with Crippen LogP contribution in [0.2, 0.25) is 5.02 Å². The summed E-state index contributed by atoms with van der Waals surface area (Å²) in [6, 6.07) is 29.3. The lowest BCUT2D eigenvalue weighted by atomic mass is 9.95. The molecule has 0 aliphatic carbocycles. The highest BCUT2D eigenvalue weighted by molar-refractivity contribution is 8.13. The molecule has 27 heavy (non-hydrogen) atoms. The Hall–Kier alpha value is -1.94. The molecule has 0 aromatic heterocycles. The van der Waals surface area contributed by atoms with Crippen molar-refractivity contribution in [2.75, 3.05) is 0 Å². The van der Waals surface area contributed by atoms with Crippen LogP contribution in [0.25, 0.3) is 0 Å². The molecule has 2 atom stereocenters. The Labute approximate surface area is 175 Å². The monoisotopic (exact) mass is 414 g/mol. The van der Waals surface area contributed by atoms with Crippen LogP contribution >= 0.6 is 35.8 Å². The van der Waals surface area contributed by atoms with Gasteiger partial charge in [-0.3, -0.25) is 4.99 Å². The summed E-state index contributed by atoms with van der Waals surface area (Å²) in [5, 5.41) is 5.38. The number of rotatable bonds is 4. The second-order valence-electron chi connectivity index (χ2n) is 6.24. The Morgan fingerprint density at radius 1 is 0.815 bits per heavy atom. The summed E-state index contributed by atoms with van der Waals surface area (Å²) in [6.07, 6.45) is 0. The highest BCUT2D eigenvalue weighted by atomic mass is 35.5. The molecule has 0 radical (unpaired) electrons. The second-order valence-corrected chi connectivity index (χ2v) is 7.64. The molecule has 1 aliphatic rings. The molecule has 0 fully saturated rings. The van der Waals surface area contributed by atoms with Crippen LogP contribution in [-0.4, -0.2) is 5.17 Å². The molecule has 1 aliphatic heterocycles. The van der Waals surface area contributed by atoms with E-state index in [1.165, 1.54) is 16.7 Å². The van der Waals surface area contributed by atoms with Crippen molar-refractivity contribution in [1.29, 1.82) is 0 Å². The molecule has 0 saturated heterocycles. The van der Waals surface area contributed by atoms with Crippen molar-refractivity contribution in [2.45, 2.75) is 17.8 Å². The Bertz CT molecular complexity index is 883. The highest BCUT2D eigenvalue weighted by Gasteiger charge is 2.31. The number of nitrogens with zero attached hydrogens (tertiary/aromatic N) is 1. The minimum absolute atomic E-state index is 0. The van der Waals surface area contributed by atoms with Crippen LogP contribution in [-0.2, 0) is 5.75 Å². The lowest BCUT2D eigenvalue weighted by Gasteiger charge is -2.19. The first-order valence-electron chi connectivity index (χ1n) is 8.61. The smallest absolute Gasteiger partial charge is 0.158 e. The maximum Gasteiger partial charge on any atom is 0.158 e. The minimum Gasteiger partial charge on any atom is -0.356 e. The van der Waals surface area contributed by atoms with Crippen LogP contribution in [0, 0.1) is 0 Å². The lowest BCUT2D eigenvalue weighted by molar-refractivity contribution is 0.573. The van der Waals surface area contributed by atoms with Gasteiger partial charge in [0.05, 0.1) is 6.04 Å². The van der Waals surface area contributed by atoms with Crippen LogP contribution in [0.1, 0.15) is 28.8 Å². The molecule has 4 rings (SSSR count). The van der Waals surface area contributed by atoms with E-state index in [-0.39, 0.29) is 24.5 Å². The fourth-order valence-corrected chi connectivity index (χ4v) is 4.12. The molecule has 3 aromatic rings. The molecule has 0 amide bonds. The average molecular weight is 415 g/mol. The van der Waals surface area contributed by atoms with Crippen molar-refractivity contribution in [2.24, 2.45) is 4.99 Å². The number of benzene rings is 3. The largest absolute Gasteiger partial charge is 0.356 e. The van der Waals surface area contributed by atoms with Crippen LogP contribution in [0.4, 0.5) is 0 Å². The maximum absolute atomic E-state index is 5.97. The first-order chi connectivity index (χ1) is 12.8. The van der Waals surface area contributed by atoms with Gasteiger partial charge in [-0.15, -0.1) is 12.4 Å². The minimum atomic E-state index is 0. The number of nitrogens with one attached hydrogen (secondary N) is 1. The van der Waals surface area contributed by atoms with Crippen molar-refractivity contribution in [1.82, 2.24) is 5.32 Å². The van der Waals surface area contributed by atoms with Crippen LogP contribution in [0.5, 0.6) is 0 Å². The van der Waals surface area contributed by atoms with E-state index < -0.39 is 0 Å². The fourth-order valence-electron chi connectivity index (χ4n) is 3.10. The zero-order chi connectivity index (χ0) is 17.8. The van der Waals surface area contributed by atoms with Crippen molar-refractivity contribution < 1.29 is 0 Å².